The predicted octanol–water partition coefficient (Wildman–Crippen LogP) is 3.85. The smallest absolute Gasteiger partial charge is 0.251 e. The summed E-state index contributed by atoms with van der Waals surface area (Å²) in [5, 5.41) is 3.19. The van der Waals surface area contributed by atoms with E-state index in [1.807, 2.05) is 30.3 Å². The van der Waals surface area contributed by atoms with E-state index in [-0.39, 0.29) is 5.91 Å². The van der Waals surface area contributed by atoms with Gasteiger partial charge in [-0.3, -0.25) is 4.79 Å². The molecule has 1 saturated heterocycles. The van der Waals surface area contributed by atoms with E-state index in [1.165, 1.54) is 45.1 Å². The topological polar surface area (TPSA) is 32.3 Å². The van der Waals surface area contributed by atoms with Crippen molar-refractivity contribution in [2.24, 2.45) is 5.92 Å². The molecule has 0 radical (unpaired) electrons. The Morgan fingerprint density at radius 1 is 1.04 bits per heavy atom. The third-order valence-corrected chi connectivity index (χ3v) is 5.52. The van der Waals surface area contributed by atoms with Crippen LogP contribution < -0.4 is 5.32 Å². The summed E-state index contributed by atoms with van der Waals surface area (Å²) in [4.78, 5) is 14.8. The summed E-state index contributed by atoms with van der Waals surface area (Å²) in [7, 11) is 0. The molecule has 3 nitrogen and oxygen atoms in total. The van der Waals surface area contributed by atoms with E-state index in [0.29, 0.717) is 6.04 Å². The van der Waals surface area contributed by atoms with Gasteiger partial charge in [0.1, 0.15) is 0 Å². The lowest BCUT2D eigenvalue weighted by Gasteiger charge is -2.32. The van der Waals surface area contributed by atoms with Crippen LogP contribution in [0.5, 0.6) is 0 Å². The third-order valence-electron chi connectivity index (χ3n) is 5.52. The maximum absolute atomic E-state index is 12.2. The lowest BCUT2D eigenvalue weighted by molar-refractivity contribution is 0.0910. The van der Waals surface area contributed by atoms with Gasteiger partial charge >= 0.3 is 0 Å². The molecule has 1 amide bonds. The van der Waals surface area contributed by atoms with Crippen molar-refractivity contribution in [3.8, 4) is 0 Å². The van der Waals surface area contributed by atoms with Crippen LogP contribution in [0.2, 0.25) is 0 Å². The Balaban J connectivity index is 1.33. The van der Waals surface area contributed by atoms with E-state index in [0.717, 1.165) is 37.4 Å². The standard InChI is InChI=1S/C20H30N2O/c23-20(18-10-2-1-3-11-18)21-19-12-15-22(16-13-19)14-6-9-17-7-4-5-8-17/h1-3,10-11,17,19H,4-9,12-16H2,(H,21,23). The van der Waals surface area contributed by atoms with Crippen LogP contribution in [-0.4, -0.2) is 36.5 Å². The number of piperidine rings is 1. The highest BCUT2D eigenvalue weighted by Gasteiger charge is 2.21. The highest BCUT2D eigenvalue weighted by Crippen LogP contribution is 2.28. The van der Waals surface area contributed by atoms with E-state index in [9.17, 15) is 4.79 Å². The molecule has 3 heteroatoms. The first-order valence-electron chi connectivity index (χ1n) is 9.39. The number of rotatable bonds is 6. The van der Waals surface area contributed by atoms with Crippen molar-refractivity contribution in [3.05, 3.63) is 35.9 Å². The number of carbonyl (C=O) groups excluding carboxylic acids is 1. The van der Waals surface area contributed by atoms with Crippen LogP contribution in [0.4, 0.5) is 0 Å². The lowest BCUT2D eigenvalue weighted by atomic mass is 10.0. The van der Waals surface area contributed by atoms with Gasteiger partial charge in [-0.2, -0.15) is 0 Å². The van der Waals surface area contributed by atoms with E-state index < -0.39 is 0 Å². The Morgan fingerprint density at radius 2 is 1.74 bits per heavy atom. The molecule has 126 valence electrons. The number of likely N-dealkylation sites (tertiary alicyclic amines) is 1. The molecule has 1 N–H and O–H groups in total. The first kappa shape index (κ1) is 16.5. The molecular weight excluding hydrogens is 284 g/mol. The number of nitrogens with one attached hydrogen (secondary N) is 1. The van der Waals surface area contributed by atoms with Gasteiger partial charge in [-0.05, 0) is 50.3 Å². The van der Waals surface area contributed by atoms with Crippen molar-refractivity contribution in [1.29, 1.82) is 0 Å². The van der Waals surface area contributed by atoms with Crippen LogP contribution >= 0.6 is 0 Å². The zero-order chi connectivity index (χ0) is 15.9. The molecule has 1 heterocycles. The SMILES string of the molecule is O=C(NC1CCN(CCCC2CCCC2)CC1)c1ccccc1. The van der Waals surface area contributed by atoms with Gasteiger partial charge in [-0.15, -0.1) is 0 Å². The number of nitrogens with zero attached hydrogens (tertiary/aromatic N) is 1. The summed E-state index contributed by atoms with van der Waals surface area (Å²) in [6, 6.07) is 9.89. The molecule has 1 aromatic carbocycles. The lowest BCUT2D eigenvalue weighted by Crippen LogP contribution is -2.44. The minimum absolute atomic E-state index is 0.0743. The van der Waals surface area contributed by atoms with Gasteiger partial charge in [0.05, 0.1) is 0 Å². The zero-order valence-electron chi connectivity index (χ0n) is 14.2. The summed E-state index contributed by atoms with van der Waals surface area (Å²) < 4.78 is 0. The monoisotopic (exact) mass is 314 g/mol. The summed E-state index contributed by atoms with van der Waals surface area (Å²) in [6.45, 7) is 3.50. The zero-order valence-corrected chi connectivity index (χ0v) is 14.2. The van der Waals surface area contributed by atoms with Gasteiger partial charge in [0.2, 0.25) is 0 Å². The second-order valence-electron chi connectivity index (χ2n) is 7.25. The van der Waals surface area contributed by atoms with Gasteiger partial charge in [-0.1, -0.05) is 43.9 Å². The van der Waals surface area contributed by atoms with E-state index in [1.54, 1.807) is 0 Å². The fraction of sp³-hybridized carbons (Fsp3) is 0.650. The molecule has 2 aliphatic rings. The Bertz CT molecular complexity index is 474. The number of carbonyl (C=O) groups is 1. The molecule has 0 atom stereocenters. The van der Waals surface area contributed by atoms with Crippen LogP contribution in [0, 0.1) is 5.92 Å². The van der Waals surface area contributed by atoms with Crippen molar-refractivity contribution in [2.45, 2.75) is 57.4 Å². The van der Waals surface area contributed by atoms with E-state index >= 15 is 0 Å². The molecule has 3 rings (SSSR count). The van der Waals surface area contributed by atoms with Crippen molar-refractivity contribution in [2.75, 3.05) is 19.6 Å². The van der Waals surface area contributed by atoms with Crippen LogP contribution in [0.25, 0.3) is 0 Å². The van der Waals surface area contributed by atoms with Crippen molar-refractivity contribution < 1.29 is 4.79 Å². The number of hydrogen-bond donors (Lipinski definition) is 1. The summed E-state index contributed by atoms with van der Waals surface area (Å²) in [6.07, 6.45) is 10.8. The first-order chi connectivity index (χ1) is 11.3. The number of benzene rings is 1. The number of hydrogen-bond acceptors (Lipinski definition) is 2. The van der Waals surface area contributed by atoms with Crippen LogP contribution in [0.15, 0.2) is 30.3 Å². The van der Waals surface area contributed by atoms with Crippen molar-refractivity contribution >= 4 is 5.91 Å². The second kappa shape index (κ2) is 8.49. The van der Waals surface area contributed by atoms with Crippen molar-refractivity contribution in [1.82, 2.24) is 10.2 Å². The van der Waals surface area contributed by atoms with E-state index in [2.05, 4.69) is 10.2 Å². The van der Waals surface area contributed by atoms with Crippen LogP contribution in [0.1, 0.15) is 61.7 Å². The van der Waals surface area contributed by atoms with Gasteiger partial charge in [0, 0.05) is 24.7 Å². The molecule has 1 aliphatic carbocycles. The van der Waals surface area contributed by atoms with Gasteiger partial charge in [0.25, 0.3) is 5.91 Å². The number of amides is 1. The molecule has 0 spiro atoms. The molecule has 0 bridgehead atoms. The maximum Gasteiger partial charge on any atom is 0.251 e. The molecular formula is C20H30N2O. The Morgan fingerprint density at radius 3 is 2.43 bits per heavy atom. The minimum Gasteiger partial charge on any atom is -0.349 e. The Labute approximate surface area is 140 Å². The first-order valence-corrected chi connectivity index (χ1v) is 9.39. The average Bonchev–Trinajstić information content (AvgIpc) is 3.11. The molecule has 1 aliphatic heterocycles. The van der Waals surface area contributed by atoms with Gasteiger partial charge < -0.3 is 10.2 Å². The Hall–Kier alpha value is -1.35. The molecule has 1 aromatic rings. The summed E-state index contributed by atoms with van der Waals surface area (Å²) in [5.74, 6) is 1.09. The highest BCUT2D eigenvalue weighted by molar-refractivity contribution is 5.94. The fourth-order valence-electron chi connectivity index (χ4n) is 4.06. The van der Waals surface area contributed by atoms with Crippen LogP contribution in [-0.2, 0) is 0 Å². The normalized spacial score (nSPS) is 20.7. The average molecular weight is 314 g/mol. The molecule has 0 aromatic heterocycles. The molecule has 23 heavy (non-hydrogen) atoms. The van der Waals surface area contributed by atoms with Crippen molar-refractivity contribution in [3.63, 3.8) is 0 Å². The van der Waals surface area contributed by atoms with Crippen LogP contribution in [0.3, 0.4) is 0 Å². The highest BCUT2D eigenvalue weighted by atomic mass is 16.1. The summed E-state index contributed by atoms with van der Waals surface area (Å²) >= 11 is 0. The predicted molar refractivity (Wildman–Crippen MR) is 94.6 cm³/mol. The second-order valence-corrected chi connectivity index (χ2v) is 7.25. The summed E-state index contributed by atoms with van der Waals surface area (Å²) in [5.41, 5.74) is 0.770. The minimum atomic E-state index is 0.0743. The largest absolute Gasteiger partial charge is 0.349 e. The quantitative estimate of drug-likeness (QED) is 0.865. The molecule has 2 fully saturated rings. The van der Waals surface area contributed by atoms with Gasteiger partial charge in [0.15, 0.2) is 0 Å². The third kappa shape index (κ3) is 5.07. The van der Waals surface area contributed by atoms with E-state index in [4.69, 9.17) is 0 Å². The van der Waals surface area contributed by atoms with Gasteiger partial charge in [-0.25, -0.2) is 0 Å². The molecule has 1 saturated carbocycles. The Kier molecular flexibility index (Phi) is 6.09. The molecule has 0 unspecified atom stereocenters. The maximum atomic E-state index is 12.2. The fourth-order valence-corrected chi connectivity index (χ4v) is 4.06.